The van der Waals surface area contributed by atoms with Gasteiger partial charge in [-0.3, -0.25) is 0 Å². The zero-order valence-corrected chi connectivity index (χ0v) is 50.6. The largest absolute Gasteiger partial charge is 0.307 e. The molecule has 0 amide bonds. The van der Waals surface area contributed by atoms with Gasteiger partial charge in [-0.2, -0.15) is 0 Å². The van der Waals surface area contributed by atoms with Gasteiger partial charge in [0.15, 0.2) is 11.6 Å². The first-order valence-electron chi connectivity index (χ1n) is 29.5. The first-order valence-corrected chi connectivity index (χ1v) is 29.5. The third-order valence-electron chi connectivity index (χ3n) is 17.1. The van der Waals surface area contributed by atoms with Crippen LogP contribution in [0.15, 0.2) is 231 Å². The Morgan fingerprint density at radius 1 is 0.262 bits per heavy atom. The van der Waals surface area contributed by atoms with Crippen LogP contribution in [0.2, 0.25) is 0 Å². The second kappa shape index (κ2) is 21.1. The number of para-hydroxylation sites is 2. The normalized spacial score (nSPS) is 12.4. The Hall–Kier alpha value is -8.86. The molecule has 0 spiro atoms. The van der Waals surface area contributed by atoms with E-state index in [1.807, 2.05) is 48.5 Å². The van der Waals surface area contributed by atoms with E-state index in [4.69, 9.17) is 0 Å². The van der Waals surface area contributed by atoms with Gasteiger partial charge in [0.05, 0.1) is 22.7 Å². The molecule has 0 aliphatic carbocycles. The van der Waals surface area contributed by atoms with Gasteiger partial charge in [-0.25, -0.2) is 8.78 Å². The van der Waals surface area contributed by atoms with E-state index < -0.39 is 0 Å². The van der Waals surface area contributed by atoms with Crippen LogP contribution in [-0.4, -0.2) is 0 Å². The third-order valence-corrected chi connectivity index (χ3v) is 17.1. The molecule has 84 heavy (non-hydrogen) atoms. The molecule has 0 saturated carbocycles. The minimum atomic E-state index is -0.314. The Morgan fingerprint density at radius 2 is 0.536 bits per heavy atom. The van der Waals surface area contributed by atoms with Crippen LogP contribution in [0.25, 0.3) is 76.8 Å². The lowest BCUT2D eigenvalue weighted by molar-refractivity contribution is 0.590. The molecule has 0 N–H and O–H groups in total. The van der Waals surface area contributed by atoms with E-state index in [-0.39, 0.29) is 33.3 Å². The lowest BCUT2D eigenvalue weighted by Gasteiger charge is -2.30. The van der Waals surface area contributed by atoms with Crippen molar-refractivity contribution in [2.45, 2.75) is 105 Å². The van der Waals surface area contributed by atoms with Crippen LogP contribution < -0.4 is 9.80 Å². The van der Waals surface area contributed by atoms with E-state index in [0.717, 1.165) is 88.4 Å². The van der Waals surface area contributed by atoms with Crippen LogP contribution in [0.3, 0.4) is 0 Å². The quantitative estimate of drug-likeness (QED) is 0.126. The minimum absolute atomic E-state index is 0.0345. The zero-order chi connectivity index (χ0) is 59.0. The molecule has 418 valence electrons. The number of halogens is 2. The smallest absolute Gasteiger partial charge is 0.155 e. The van der Waals surface area contributed by atoms with Crippen molar-refractivity contribution in [1.29, 1.82) is 0 Å². The molecular formula is C80H74F2N2. The number of nitrogens with zero attached hydrogens (tertiary/aromatic N) is 2. The van der Waals surface area contributed by atoms with Crippen molar-refractivity contribution < 1.29 is 8.78 Å². The SMILES string of the molecule is CC(C)(C)c1ccc(-c2ccc(N(c3ccccc3)c3ccc4ccc5c(N(c6ccccc6)c6ccc(-c7ccc(C(C)(C)C)cc7)c(-c7ccc(C(C)(C)C)cc7)c6F)ccc6ccc3c4c65)c(F)c2-c2ccc(C(C)(C)C)cc2)cc1. The Bertz CT molecular complexity index is 4080. The summed E-state index contributed by atoms with van der Waals surface area (Å²) in [6.45, 7) is 26.5. The maximum Gasteiger partial charge on any atom is 0.155 e. The Morgan fingerprint density at radius 3 is 0.833 bits per heavy atom. The van der Waals surface area contributed by atoms with Crippen molar-refractivity contribution in [1.82, 2.24) is 0 Å². The molecule has 0 aliphatic rings. The molecule has 0 aliphatic heterocycles. The van der Waals surface area contributed by atoms with Crippen molar-refractivity contribution in [2.75, 3.05) is 9.80 Å². The predicted molar refractivity (Wildman–Crippen MR) is 356 cm³/mol. The van der Waals surface area contributed by atoms with E-state index in [2.05, 4.69) is 275 Å². The molecular weight excluding hydrogens is 1030 g/mol. The summed E-state index contributed by atoms with van der Waals surface area (Å²) in [5.41, 5.74) is 15.0. The van der Waals surface area contributed by atoms with E-state index in [1.165, 1.54) is 22.3 Å². The third kappa shape index (κ3) is 10.2. The minimum Gasteiger partial charge on any atom is -0.307 e. The summed E-state index contributed by atoms with van der Waals surface area (Å²) >= 11 is 0. The standard InChI is InChI=1S/C80H74F2N2/c1-77(2,3)57-35-23-51(24-36-57)63-45-49-69(75(81)73(63)55-27-39-59(40-28-55)79(7,8)9)83(61-19-15-13-16-20-61)67-47-33-53-32-44-66-68(48-34-54-31-43-65(67)71(53)72(54)66)84(62-21-17-14-18-22-62)70-50-46-64(52-25-37-58(38-26-52)78(4,5)6)74(76(70)82)56-29-41-60(42-30-56)80(10,11)12/h13-50H,1-12H3. The van der Waals surface area contributed by atoms with Crippen LogP contribution in [0.4, 0.5) is 42.9 Å². The van der Waals surface area contributed by atoms with Crippen LogP contribution >= 0.6 is 0 Å². The first kappa shape index (κ1) is 55.7. The van der Waals surface area contributed by atoms with E-state index in [1.54, 1.807) is 0 Å². The summed E-state index contributed by atoms with van der Waals surface area (Å²) in [6.07, 6.45) is 0. The Balaban J connectivity index is 1.07. The van der Waals surface area contributed by atoms with Crippen LogP contribution in [0, 0.1) is 11.6 Å². The van der Waals surface area contributed by atoms with E-state index in [9.17, 15) is 0 Å². The molecule has 12 aromatic carbocycles. The number of hydrogen-bond acceptors (Lipinski definition) is 2. The average Bonchev–Trinajstić information content (AvgIpc) is 0.838. The monoisotopic (exact) mass is 1100 g/mol. The van der Waals surface area contributed by atoms with Crippen molar-refractivity contribution >= 4 is 66.4 Å². The fourth-order valence-corrected chi connectivity index (χ4v) is 12.2. The van der Waals surface area contributed by atoms with E-state index in [0.29, 0.717) is 22.5 Å². The molecule has 0 fully saturated rings. The summed E-state index contributed by atoms with van der Waals surface area (Å²) in [5.74, 6) is -0.628. The fourth-order valence-electron chi connectivity index (χ4n) is 12.2. The van der Waals surface area contributed by atoms with Crippen LogP contribution in [0.5, 0.6) is 0 Å². The maximum atomic E-state index is 18.7. The van der Waals surface area contributed by atoms with Crippen LogP contribution in [0.1, 0.15) is 105 Å². The lowest BCUT2D eigenvalue weighted by atomic mass is 9.84. The molecule has 4 heteroatoms. The first-order chi connectivity index (χ1) is 40.0. The summed E-state index contributed by atoms with van der Waals surface area (Å²) in [7, 11) is 0. The molecule has 0 unspecified atom stereocenters. The highest BCUT2D eigenvalue weighted by Gasteiger charge is 2.29. The van der Waals surface area contributed by atoms with Crippen molar-refractivity contribution in [3.05, 3.63) is 264 Å². The molecule has 0 radical (unpaired) electrons. The summed E-state index contributed by atoms with van der Waals surface area (Å²) in [6, 6.07) is 79.7. The van der Waals surface area contributed by atoms with Gasteiger partial charge in [0.25, 0.3) is 0 Å². The van der Waals surface area contributed by atoms with Gasteiger partial charge in [0, 0.05) is 33.3 Å². The second-order valence-electron chi connectivity index (χ2n) is 26.9. The highest BCUT2D eigenvalue weighted by molar-refractivity contribution is 6.28. The van der Waals surface area contributed by atoms with Crippen molar-refractivity contribution in [2.24, 2.45) is 0 Å². The topological polar surface area (TPSA) is 6.48 Å². The molecule has 0 atom stereocenters. The molecule has 0 saturated heterocycles. The molecule has 0 heterocycles. The number of rotatable bonds is 10. The van der Waals surface area contributed by atoms with Gasteiger partial charge in [0.1, 0.15) is 0 Å². The maximum absolute atomic E-state index is 18.7. The number of hydrogen-bond donors (Lipinski definition) is 0. The lowest BCUT2D eigenvalue weighted by Crippen LogP contribution is -2.14. The molecule has 12 aromatic rings. The molecule has 12 rings (SSSR count). The Labute approximate surface area is 496 Å². The predicted octanol–water partition coefficient (Wildman–Crippen LogP) is 23.7. The summed E-state index contributed by atoms with van der Waals surface area (Å²) in [4.78, 5) is 4.17. The zero-order valence-electron chi connectivity index (χ0n) is 50.6. The Kier molecular flexibility index (Phi) is 14.0. The van der Waals surface area contributed by atoms with Gasteiger partial charge in [-0.1, -0.05) is 265 Å². The highest BCUT2D eigenvalue weighted by Crippen LogP contribution is 2.51. The van der Waals surface area contributed by atoms with Gasteiger partial charge in [-0.05, 0) is 147 Å². The second-order valence-corrected chi connectivity index (χ2v) is 26.9. The van der Waals surface area contributed by atoms with Crippen molar-refractivity contribution in [3.63, 3.8) is 0 Å². The average molecular weight is 1100 g/mol. The molecule has 0 bridgehead atoms. The van der Waals surface area contributed by atoms with Gasteiger partial charge in [0.2, 0.25) is 0 Å². The van der Waals surface area contributed by atoms with Gasteiger partial charge in [-0.15, -0.1) is 0 Å². The highest BCUT2D eigenvalue weighted by atomic mass is 19.1. The molecule has 2 nitrogen and oxygen atoms in total. The summed E-state index contributed by atoms with van der Waals surface area (Å²) in [5, 5.41) is 6.11. The fraction of sp³-hybridized carbons (Fsp3) is 0.200. The number of benzene rings is 12. The van der Waals surface area contributed by atoms with Crippen molar-refractivity contribution in [3.8, 4) is 44.5 Å². The van der Waals surface area contributed by atoms with E-state index >= 15 is 8.78 Å². The van der Waals surface area contributed by atoms with Gasteiger partial charge >= 0.3 is 0 Å². The van der Waals surface area contributed by atoms with Crippen LogP contribution in [-0.2, 0) is 21.7 Å². The summed E-state index contributed by atoms with van der Waals surface area (Å²) < 4.78 is 37.5. The number of anilines is 6. The molecule has 0 aromatic heterocycles. The van der Waals surface area contributed by atoms with Gasteiger partial charge < -0.3 is 9.80 Å².